The van der Waals surface area contributed by atoms with Crippen LogP contribution < -0.4 is 10.6 Å². The van der Waals surface area contributed by atoms with Crippen LogP contribution in [0.1, 0.15) is 33.0 Å². The minimum Gasteiger partial charge on any atom is -0.373 e. The van der Waals surface area contributed by atoms with E-state index in [1.807, 2.05) is 24.9 Å². The second-order valence-electron chi connectivity index (χ2n) is 5.24. The van der Waals surface area contributed by atoms with E-state index in [4.69, 9.17) is 0 Å². The van der Waals surface area contributed by atoms with Crippen molar-refractivity contribution in [2.75, 3.05) is 36.2 Å². The number of aromatic nitrogens is 2. The summed E-state index contributed by atoms with van der Waals surface area (Å²) in [6.07, 6.45) is 3.27. The number of hydrogen-bond donors (Lipinski definition) is 2. The van der Waals surface area contributed by atoms with Gasteiger partial charge < -0.3 is 10.6 Å². The van der Waals surface area contributed by atoms with Crippen LogP contribution in [0.15, 0.2) is 6.07 Å². The maximum absolute atomic E-state index is 4.58. The highest BCUT2D eigenvalue weighted by molar-refractivity contribution is 7.98. The standard InChI is InChI=1S/C13H24N4S/c1-13(2,3)12-16-10(14-4)9-11(17-12)15-7-6-8-18-5/h9H,6-8H2,1-5H3,(H2,14,15,16,17). The lowest BCUT2D eigenvalue weighted by atomic mass is 9.96. The van der Waals surface area contributed by atoms with Gasteiger partial charge in [0.05, 0.1) is 0 Å². The van der Waals surface area contributed by atoms with Crippen LogP contribution in [0.4, 0.5) is 11.6 Å². The lowest BCUT2D eigenvalue weighted by Gasteiger charge is -2.18. The Morgan fingerprint density at radius 2 is 1.89 bits per heavy atom. The Labute approximate surface area is 114 Å². The normalized spacial score (nSPS) is 11.4. The van der Waals surface area contributed by atoms with Crippen molar-refractivity contribution >= 4 is 23.4 Å². The van der Waals surface area contributed by atoms with Gasteiger partial charge in [-0.05, 0) is 18.4 Å². The van der Waals surface area contributed by atoms with Crippen LogP contribution in [0.2, 0.25) is 0 Å². The molecule has 0 unspecified atom stereocenters. The third kappa shape index (κ3) is 4.72. The van der Waals surface area contributed by atoms with Crippen molar-refractivity contribution in [2.45, 2.75) is 32.6 Å². The predicted octanol–water partition coefficient (Wildman–Crippen LogP) is 2.98. The third-order valence-electron chi connectivity index (χ3n) is 2.48. The minimum atomic E-state index is -0.0391. The number of nitrogens with one attached hydrogen (secondary N) is 2. The first-order valence-electron chi connectivity index (χ1n) is 6.27. The Morgan fingerprint density at radius 1 is 1.22 bits per heavy atom. The van der Waals surface area contributed by atoms with Crippen LogP contribution in [0.5, 0.6) is 0 Å². The molecule has 0 aromatic carbocycles. The van der Waals surface area contributed by atoms with Gasteiger partial charge in [-0.3, -0.25) is 0 Å². The molecule has 0 saturated carbocycles. The molecule has 1 aromatic heterocycles. The number of anilines is 2. The van der Waals surface area contributed by atoms with Crippen LogP contribution in [0, 0.1) is 0 Å². The highest BCUT2D eigenvalue weighted by atomic mass is 32.2. The number of thioether (sulfide) groups is 1. The summed E-state index contributed by atoms with van der Waals surface area (Å²) >= 11 is 1.87. The van der Waals surface area contributed by atoms with Crippen LogP contribution in [-0.2, 0) is 5.41 Å². The molecule has 0 saturated heterocycles. The van der Waals surface area contributed by atoms with Crippen molar-refractivity contribution in [3.63, 3.8) is 0 Å². The molecule has 18 heavy (non-hydrogen) atoms. The van der Waals surface area contributed by atoms with Gasteiger partial charge in [-0.15, -0.1) is 0 Å². The average Bonchev–Trinajstić information content (AvgIpc) is 2.33. The van der Waals surface area contributed by atoms with Crippen molar-refractivity contribution in [3.8, 4) is 0 Å². The second kappa shape index (κ2) is 6.83. The summed E-state index contributed by atoms with van der Waals surface area (Å²) in [4.78, 5) is 9.08. The van der Waals surface area contributed by atoms with Crippen molar-refractivity contribution in [1.29, 1.82) is 0 Å². The Kier molecular flexibility index (Phi) is 5.72. The van der Waals surface area contributed by atoms with Crippen molar-refractivity contribution in [3.05, 3.63) is 11.9 Å². The van der Waals surface area contributed by atoms with Gasteiger partial charge in [-0.25, -0.2) is 9.97 Å². The molecule has 1 rings (SSSR count). The molecule has 0 amide bonds. The summed E-state index contributed by atoms with van der Waals surface area (Å²) in [6.45, 7) is 7.32. The fraction of sp³-hybridized carbons (Fsp3) is 0.692. The van der Waals surface area contributed by atoms with E-state index in [1.165, 1.54) is 5.75 Å². The molecule has 0 bridgehead atoms. The van der Waals surface area contributed by atoms with Crippen LogP contribution >= 0.6 is 11.8 Å². The molecular weight excluding hydrogens is 244 g/mol. The van der Waals surface area contributed by atoms with Crippen molar-refractivity contribution < 1.29 is 0 Å². The molecular formula is C13H24N4S. The average molecular weight is 268 g/mol. The molecule has 1 heterocycles. The topological polar surface area (TPSA) is 49.8 Å². The van der Waals surface area contributed by atoms with Gasteiger partial charge in [-0.1, -0.05) is 20.8 Å². The monoisotopic (exact) mass is 268 g/mol. The lowest BCUT2D eigenvalue weighted by molar-refractivity contribution is 0.546. The number of nitrogens with zero attached hydrogens (tertiary/aromatic N) is 2. The van der Waals surface area contributed by atoms with Gasteiger partial charge in [0.2, 0.25) is 0 Å². The maximum Gasteiger partial charge on any atom is 0.138 e. The maximum atomic E-state index is 4.58. The molecule has 0 aliphatic carbocycles. The van der Waals surface area contributed by atoms with E-state index in [0.717, 1.165) is 30.4 Å². The van der Waals surface area contributed by atoms with E-state index < -0.39 is 0 Å². The van der Waals surface area contributed by atoms with Crippen LogP contribution in [0.25, 0.3) is 0 Å². The van der Waals surface area contributed by atoms with Crippen LogP contribution in [0.3, 0.4) is 0 Å². The molecule has 2 N–H and O–H groups in total. The Morgan fingerprint density at radius 3 is 2.44 bits per heavy atom. The summed E-state index contributed by atoms with van der Waals surface area (Å²) in [5, 5.41) is 6.45. The molecule has 0 radical (unpaired) electrons. The fourth-order valence-corrected chi connectivity index (χ4v) is 1.87. The van der Waals surface area contributed by atoms with Gasteiger partial charge in [0, 0.05) is 25.1 Å². The Bertz CT molecular complexity index is 374. The summed E-state index contributed by atoms with van der Waals surface area (Å²) in [7, 11) is 1.88. The van der Waals surface area contributed by atoms with Gasteiger partial charge >= 0.3 is 0 Å². The molecule has 0 aliphatic rings. The van der Waals surface area contributed by atoms with E-state index in [9.17, 15) is 0 Å². The molecule has 0 atom stereocenters. The first-order chi connectivity index (χ1) is 8.47. The van der Waals surface area contributed by atoms with Crippen molar-refractivity contribution in [2.24, 2.45) is 0 Å². The molecule has 4 nitrogen and oxygen atoms in total. The number of rotatable bonds is 6. The van der Waals surface area contributed by atoms with Crippen LogP contribution in [-0.4, -0.2) is 35.6 Å². The third-order valence-corrected chi connectivity index (χ3v) is 3.18. The number of hydrogen-bond acceptors (Lipinski definition) is 5. The second-order valence-corrected chi connectivity index (χ2v) is 6.22. The largest absolute Gasteiger partial charge is 0.373 e. The van der Waals surface area contributed by atoms with Gasteiger partial charge in [0.15, 0.2) is 0 Å². The molecule has 0 fully saturated rings. The highest BCUT2D eigenvalue weighted by Gasteiger charge is 2.18. The first-order valence-corrected chi connectivity index (χ1v) is 7.67. The summed E-state index contributed by atoms with van der Waals surface area (Å²) < 4.78 is 0. The summed E-state index contributed by atoms with van der Waals surface area (Å²) in [5.41, 5.74) is -0.0391. The zero-order valence-corrected chi connectivity index (χ0v) is 12.8. The Balaban J connectivity index is 2.78. The van der Waals surface area contributed by atoms with Gasteiger partial charge in [-0.2, -0.15) is 11.8 Å². The van der Waals surface area contributed by atoms with E-state index in [1.54, 1.807) is 0 Å². The Hall–Kier alpha value is -0.970. The van der Waals surface area contributed by atoms with Gasteiger partial charge in [0.25, 0.3) is 0 Å². The van der Waals surface area contributed by atoms with E-state index in [2.05, 4.69) is 47.6 Å². The molecule has 0 aliphatic heterocycles. The summed E-state index contributed by atoms with van der Waals surface area (Å²) in [6, 6.07) is 1.95. The first kappa shape index (κ1) is 15.1. The smallest absolute Gasteiger partial charge is 0.138 e. The summed E-state index contributed by atoms with van der Waals surface area (Å²) in [5.74, 6) is 3.80. The minimum absolute atomic E-state index is 0.0391. The highest BCUT2D eigenvalue weighted by Crippen LogP contribution is 2.22. The fourth-order valence-electron chi connectivity index (χ4n) is 1.43. The zero-order chi connectivity index (χ0) is 13.6. The quantitative estimate of drug-likeness (QED) is 0.777. The lowest BCUT2D eigenvalue weighted by Crippen LogP contribution is -2.18. The molecule has 0 spiro atoms. The molecule has 102 valence electrons. The molecule has 5 heteroatoms. The zero-order valence-electron chi connectivity index (χ0n) is 12.0. The van der Waals surface area contributed by atoms with E-state index >= 15 is 0 Å². The molecule has 1 aromatic rings. The SMILES string of the molecule is CNc1cc(NCCCSC)nc(C(C)(C)C)n1. The van der Waals surface area contributed by atoms with E-state index in [-0.39, 0.29) is 5.41 Å². The van der Waals surface area contributed by atoms with Gasteiger partial charge in [0.1, 0.15) is 17.5 Å². The van der Waals surface area contributed by atoms with Crippen molar-refractivity contribution in [1.82, 2.24) is 9.97 Å². The predicted molar refractivity (Wildman–Crippen MR) is 81.8 cm³/mol. The van der Waals surface area contributed by atoms with E-state index in [0.29, 0.717) is 0 Å².